The number of hydrogen-bond acceptors (Lipinski definition) is 3. The van der Waals surface area contributed by atoms with Crippen LogP contribution in [-0.2, 0) is 0 Å². The smallest absolute Gasteiger partial charge is 0.254 e. The summed E-state index contributed by atoms with van der Waals surface area (Å²) in [6, 6.07) is 1.06. The van der Waals surface area contributed by atoms with E-state index in [1.807, 2.05) is 0 Å². The van der Waals surface area contributed by atoms with Crippen LogP contribution in [0.1, 0.15) is 20.7 Å². The van der Waals surface area contributed by atoms with E-state index in [4.69, 9.17) is 34.7 Å². The van der Waals surface area contributed by atoms with Crippen molar-refractivity contribution in [2.45, 2.75) is 0 Å². The van der Waals surface area contributed by atoms with Gasteiger partial charge in [0.1, 0.15) is 11.3 Å². The molecule has 0 saturated carbocycles. The normalized spacial score (nSPS) is 10.0. The average molecular weight is 249 g/mol. The fourth-order valence-corrected chi connectivity index (χ4v) is 1.55. The van der Waals surface area contributed by atoms with Crippen LogP contribution in [-0.4, -0.2) is 16.9 Å². The number of benzene rings is 1. The van der Waals surface area contributed by atoms with Gasteiger partial charge in [-0.25, -0.2) is 0 Å². The monoisotopic (exact) mass is 248 g/mol. The molecule has 5 N–H and O–H groups in total. The third-order valence-corrected chi connectivity index (χ3v) is 2.38. The molecule has 1 rings (SSSR count). The summed E-state index contributed by atoms with van der Waals surface area (Å²) >= 11 is 11.2. The Morgan fingerprint density at radius 2 is 1.73 bits per heavy atom. The van der Waals surface area contributed by atoms with E-state index < -0.39 is 23.1 Å². The first-order chi connectivity index (χ1) is 6.86. The SMILES string of the molecule is NC(=O)c1cc(Cl)c(O)c(C(N)=O)c1Cl. The van der Waals surface area contributed by atoms with Gasteiger partial charge >= 0.3 is 0 Å². The Morgan fingerprint density at radius 1 is 1.20 bits per heavy atom. The number of aromatic hydroxyl groups is 1. The van der Waals surface area contributed by atoms with E-state index in [9.17, 15) is 14.7 Å². The Labute approximate surface area is 94.6 Å². The zero-order valence-corrected chi connectivity index (χ0v) is 8.76. The highest BCUT2D eigenvalue weighted by atomic mass is 35.5. The largest absolute Gasteiger partial charge is 0.505 e. The van der Waals surface area contributed by atoms with Gasteiger partial charge in [0.2, 0.25) is 5.91 Å². The van der Waals surface area contributed by atoms with E-state index in [-0.39, 0.29) is 15.6 Å². The van der Waals surface area contributed by atoms with Crippen LogP contribution in [0.25, 0.3) is 0 Å². The summed E-state index contributed by atoms with van der Waals surface area (Å²) in [6.07, 6.45) is 0. The van der Waals surface area contributed by atoms with E-state index >= 15 is 0 Å². The van der Waals surface area contributed by atoms with Crippen LogP contribution < -0.4 is 11.5 Å². The highest BCUT2D eigenvalue weighted by Crippen LogP contribution is 2.35. The summed E-state index contributed by atoms with van der Waals surface area (Å²) in [6.45, 7) is 0. The maximum Gasteiger partial charge on any atom is 0.254 e. The van der Waals surface area contributed by atoms with Crippen molar-refractivity contribution in [3.8, 4) is 5.75 Å². The van der Waals surface area contributed by atoms with Crippen molar-refractivity contribution < 1.29 is 14.7 Å². The summed E-state index contributed by atoms with van der Waals surface area (Å²) in [5.41, 5.74) is 9.35. The molecule has 15 heavy (non-hydrogen) atoms. The third-order valence-electron chi connectivity index (χ3n) is 1.70. The maximum absolute atomic E-state index is 10.9. The van der Waals surface area contributed by atoms with Gasteiger partial charge in [-0.1, -0.05) is 23.2 Å². The van der Waals surface area contributed by atoms with Gasteiger partial charge in [0.05, 0.1) is 15.6 Å². The third kappa shape index (κ3) is 1.98. The molecule has 5 nitrogen and oxygen atoms in total. The summed E-state index contributed by atoms with van der Waals surface area (Å²) < 4.78 is 0. The molecular formula is C8H6Cl2N2O3. The topological polar surface area (TPSA) is 106 Å². The average Bonchev–Trinajstić information content (AvgIpc) is 2.10. The molecule has 0 spiro atoms. The molecule has 0 aliphatic heterocycles. The molecule has 0 heterocycles. The first-order valence-corrected chi connectivity index (χ1v) is 4.42. The van der Waals surface area contributed by atoms with Crippen LogP contribution in [0.2, 0.25) is 10.0 Å². The fraction of sp³-hybridized carbons (Fsp3) is 0. The highest BCUT2D eigenvalue weighted by Gasteiger charge is 2.21. The van der Waals surface area contributed by atoms with Crippen LogP contribution in [0.15, 0.2) is 6.07 Å². The minimum atomic E-state index is -0.998. The van der Waals surface area contributed by atoms with E-state index in [0.29, 0.717) is 0 Å². The zero-order chi connectivity index (χ0) is 11.7. The number of nitrogens with two attached hydrogens (primary N) is 2. The second kappa shape index (κ2) is 3.96. The second-order valence-corrected chi connectivity index (χ2v) is 3.46. The molecule has 0 atom stereocenters. The van der Waals surface area contributed by atoms with E-state index in [1.54, 1.807) is 0 Å². The quantitative estimate of drug-likeness (QED) is 0.724. The van der Waals surface area contributed by atoms with Crippen LogP contribution in [0, 0.1) is 0 Å². The van der Waals surface area contributed by atoms with Gasteiger partial charge in [-0.05, 0) is 6.07 Å². The van der Waals surface area contributed by atoms with Crippen LogP contribution in [0.4, 0.5) is 0 Å². The Balaban J connectivity index is 3.63. The Bertz CT molecular complexity index is 460. The van der Waals surface area contributed by atoms with E-state index in [0.717, 1.165) is 6.07 Å². The molecule has 1 aromatic rings. The molecule has 0 radical (unpaired) electrons. The minimum Gasteiger partial charge on any atom is -0.505 e. The first kappa shape index (κ1) is 11.6. The van der Waals surface area contributed by atoms with Gasteiger partial charge in [0, 0.05) is 0 Å². The molecule has 0 saturated heterocycles. The number of hydrogen-bond donors (Lipinski definition) is 3. The van der Waals surface area contributed by atoms with Crippen molar-refractivity contribution in [3.63, 3.8) is 0 Å². The number of carbonyl (C=O) groups is 2. The number of halogens is 2. The van der Waals surface area contributed by atoms with Crippen molar-refractivity contribution in [2.24, 2.45) is 11.5 Å². The molecule has 2 amide bonds. The van der Waals surface area contributed by atoms with Gasteiger partial charge in [0.25, 0.3) is 5.91 Å². The highest BCUT2D eigenvalue weighted by molar-refractivity contribution is 6.39. The van der Waals surface area contributed by atoms with Crippen molar-refractivity contribution in [2.75, 3.05) is 0 Å². The number of primary amides is 2. The molecular weight excluding hydrogens is 243 g/mol. The fourth-order valence-electron chi connectivity index (χ4n) is 1.02. The van der Waals surface area contributed by atoms with E-state index in [1.165, 1.54) is 0 Å². The maximum atomic E-state index is 10.9. The summed E-state index contributed by atoms with van der Waals surface area (Å²) in [4.78, 5) is 21.8. The predicted molar refractivity (Wildman–Crippen MR) is 55.2 cm³/mol. The number of carbonyl (C=O) groups excluding carboxylic acids is 2. The van der Waals surface area contributed by atoms with E-state index in [2.05, 4.69) is 0 Å². The summed E-state index contributed by atoms with van der Waals surface area (Å²) in [5, 5.41) is 8.86. The van der Waals surface area contributed by atoms with Gasteiger partial charge in [-0.2, -0.15) is 0 Å². The molecule has 0 aliphatic rings. The summed E-state index contributed by atoms with van der Waals surface area (Å²) in [7, 11) is 0. The molecule has 0 aliphatic carbocycles. The van der Waals surface area contributed by atoms with Crippen LogP contribution in [0.3, 0.4) is 0 Å². The number of phenols is 1. The molecule has 0 unspecified atom stereocenters. The van der Waals surface area contributed by atoms with Crippen LogP contribution in [0.5, 0.6) is 5.75 Å². The van der Waals surface area contributed by atoms with Crippen molar-refractivity contribution in [3.05, 3.63) is 27.2 Å². The predicted octanol–water partition coefficient (Wildman–Crippen LogP) is 0.897. The van der Waals surface area contributed by atoms with Gasteiger partial charge < -0.3 is 16.6 Å². The molecule has 0 bridgehead atoms. The summed E-state index contributed by atoms with van der Waals surface area (Å²) in [5.74, 6) is -2.44. The zero-order valence-electron chi connectivity index (χ0n) is 7.25. The minimum absolute atomic E-state index is 0.173. The molecule has 7 heteroatoms. The molecule has 1 aromatic carbocycles. The van der Waals surface area contributed by atoms with Gasteiger partial charge in [-0.15, -0.1) is 0 Å². The lowest BCUT2D eigenvalue weighted by Crippen LogP contribution is -2.17. The van der Waals surface area contributed by atoms with Crippen molar-refractivity contribution in [1.29, 1.82) is 0 Å². The van der Waals surface area contributed by atoms with Gasteiger partial charge in [-0.3, -0.25) is 9.59 Å². The Hall–Kier alpha value is -1.46. The molecule has 0 fully saturated rings. The Morgan fingerprint density at radius 3 is 2.13 bits per heavy atom. The van der Waals surface area contributed by atoms with Crippen molar-refractivity contribution >= 4 is 35.0 Å². The standard InChI is InChI=1S/C8H6Cl2N2O3/c9-3-1-2(7(11)14)5(10)4(6(3)13)8(12)15/h1,13H,(H2,11,14)(H2,12,15). The first-order valence-electron chi connectivity index (χ1n) is 3.66. The van der Waals surface area contributed by atoms with Gasteiger partial charge in [0.15, 0.2) is 0 Å². The lowest BCUT2D eigenvalue weighted by molar-refractivity contribution is 0.0997. The second-order valence-electron chi connectivity index (χ2n) is 2.67. The molecule has 80 valence electrons. The lowest BCUT2D eigenvalue weighted by Gasteiger charge is -2.08. The Kier molecular flexibility index (Phi) is 3.06. The number of amides is 2. The van der Waals surface area contributed by atoms with Crippen LogP contribution >= 0.6 is 23.2 Å². The van der Waals surface area contributed by atoms with Crippen molar-refractivity contribution in [1.82, 2.24) is 0 Å². The lowest BCUT2D eigenvalue weighted by atomic mass is 10.1. The molecule has 0 aromatic heterocycles. The number of rotatable bonds is 2.